The molecule has 3 aliphatic carbocycles. The molecule has 0 radical (unpaired) electrons. The molecule has 4 heteroatoms. The summed E-state index contributed by atoms with van der Waals surface area (Å²) in [4.78, 5) is 0. The Morgan fingerprint density at radius 2 is 1.28 bits per heavy atom. The van der Waals surface area contributed by atoms with Crippen LogP contribution >= 0.6 is 0 Å². The van der Waals surface area contributed by atoms with Crippen molar-refractivity contribution < 1.29 is 17.6 Å². The van der Waals surface area contributed by atoms with E-state index in [1.54, 1.807) is 48.6 Å². The van der Waals surface area contributed by atoms with Crippen LogP contribution in [0.1, 0.15) is 89.2 Å². The molecule has 0 heterocycles. The second-order valence-electron chi connectivity index (χ2n) is 11.1. The number of hydrogen-bond acceptors (Lipinski definition) is 0. The van der Waals surface area contributed by atoms with Crippen LogP contribution < -0.4 is 0 Å². The zero-order valence-electron chi connectivity index (χ0n) is 23.3. The highest BCUT2D eigenvalue weighted by Gasteiger charge is 2.34. The summed E-state index contributed by atoms with van der Waals surface area (Å²) in [7, 11) is 0. The molecule has 0 spiro atoms. The summed E-state index contributed by atoms with van der Waals surface area (Å²) in [5, 5.41) is 0. The Kier molecular flexibility index (Phi) is 10.6. The van der Waals surface area contributed by atoms with Gasteiger partial charge in [0.2, 0.25) is 0 Å². The lowest BCUT2D eigenvalue weighted by atomic mass is 9.80. The van der Waals surface area contributed by atoms with Crippen LogP contribution in [0.2, 0.25) is 0 Å². The summed E-state index contributed by atoms with van der Waals surface area (Å²) in [6.07, 6.45) is 15.9. The van der Waals surface area contributed by atoms with Crippen LogP contribution in [-0.4, -0.2) is 24.7 Å². The first-order valence-electron chi connectivity index (χ1n) is 14.8. The zero-order valence-corrected chi connectivity index (χ0v) is 23.3. The average molecular weight is 539 g/mol. The van der Waals surface area contributed by atoms with E-state index in [4.69, 9.17) is 0 Å². The minimum atomic E-state index is -1.77. The highest BCUT2D eigenvalue weighted by atomic mass is 19.2. The quantitative estimate of drug-likeness (QED) is 0.149. The first-order valence-corrected chi connectivity index (χ1v) is 14.8. The van der Waals surface area contributed by atoms with Gasteiger partial charge in [0.15, 0.2) is 24.7 Å². The molecule has 1 aromatic rings. The van der Waals surface area contributed by atoms with Gasteiger partial charge in [-0.05, 0) is 83.9 Å². The van der Waals surface area contributed by atoms with Gasteiger partial charge in [0.25, 0.3) is 0 Å². The van der Waals surface area contributed by atoms with Crippen molar-refractivity contribution in [2.24, 2.45) is 5.92 Å². The molecule has 0 nitrogen and oxygen atoms in total. The second kappa shape index (κ2) is 14.1. The van der Waals surface area contributed by atoms with Gasteiger partial charge in [0.1, 0.15) is 0 Å². The maximum atomic E-state index is 15.3. The fraction of sp³-hybridized carbons (Fsp3) is 0.486. The van der Waals surface area contributed by atoms with Crippen LogP contribution in [-0.2, 0) is 0 Å². The van der Waals surface area contributed by atoms with Gasteiger partial charge in [0, 0.05) is 0 Å². The lowest BCUT2D eigenvalue weighted by molar-refractivity contribution is 0.237. The molecular formula is C35H42F4. The molecule has 0 N–H and O–H groups in total. The lowest BCUT2D eigenvalue weighted by Gasteiger charge is -2.28. The molecular weight excluding hydrogens is 496 g/mol. The zero-order chi connectivity index (χ0) is 27.8. The summed E-state index contributed by atoms with van der Waals surface area (Å²) in [6, 6.07) is 6.71. The van der Waals surface area contributed by atoms with Crippen LogP contribution in [0.25, 0.3) is 11.1 Å². The van der Waals surface area contributed by atoms with Crippen LogP contribution in [0.5, 0.6) is 0 Å². The maximum absolute atomic E-state index is 15.3. The predicted octanol–water partition coefficient (Wildman–Crippen LogP) is 10.7. The fourth-order valence-electron chi connectivity index (χ4n) is 5.95. The van der Waals surface area contributed by atoms with E-state index in [1.807, 2.05) is 19.1 Å². The van der Waals surface area contributed by atoms with E-state index < -0.39 is 24.7 Å². The van der Waals surface area contributed by atoms with Crippen LogP contribution in [0.3, 0.4) is 0 Å². The minimum absolute atomic E-state index is 0.278. The Morgan fingerprint density at radius 3 is 1.90 bits per heavy atom. The van der Waals surface area contributed by atoms with Crippen molar-refractivity contribution >= 4 is 11.1 Å². The Morgan fingerprint density at radius 1 is 0.718 bits per heavy atom. The smallest absolute Gasteiger partial charge is 0.161 e. The molecule has 3 aliphatic rings. The molecule has 0 aliphatic heterocycles. The van der Waals surface area contributed by atoms with Gasteiger partial charge in [-0.3, -0.25) is 0 Å². The van der Waals surface area contributed by atoms with E-state index >= 15 is 13.2 Å². The van der Waals surface area contributed by atoms with Gasteiger partial charge in [-0.1, -0.05) is 106 Å². The van der Waals surface area contributed by atoms with E-state index in [2.05, 4.69) is 13.0 Å². The molecule has 0 fully saturated rings. The van der Waals surface area contributed by atoms with E-state index in [9.17, 15) is 4.39 Å². The molecule has 210 valence electrons. The first kappa shape index (κ1) is 29.4. The molecule has 1 aromatic carbocycles. The first-order chi connectivity index (χ1) is 18.9. The molecule has 5 unspecified atom stereocenters. The largest absolute Gasteiger partial charge is 0.239 e. The van der Waals surface area contributed by atoms with Gasteiger partial charge in [-0.15, -0.1) is 0 Å². The SMILES string of the molecule is C/C=C/C1CC=C(C2=CC=C(c3ccc(C4=CC=C(CCCCCCCC)C(F)C4F)cc3)C(F)C2F)CC1. The average Bonchev–Trinajstić information content (AvgIpc) is 2.95. The molecule has 0 saturated carbocycles. The summed E-state index contributed by atoms with van der Waals surface area (Å²) in [5.41, 5.74) is 3.55. The van der Waals surface area contributed by atoms with Crippen LogP contribution in [0.4, 0.5) is 17.6 Å². The van der Waals surface area contributed by atoms with Crippen molar-refractivity contribution in [2.75, 3.05) is 0 Å². The van der Waals surface area contributed by atoms with Crippen molar-refractivity contribution in [1.29, 1.82) is 0 Å². The Balaban J connectivity index is 1.43. The van der Waals surface area contributed by atoms with Crippen molar-refractivity contribution in [3.05, 3.63) is 94.6 Å². The highest BCUT2D eigenvalue weighted by Crippen LogP contribution is 2.39. The van der Waals surface area contributed by atoms with Crippen molar-refractivity contribution in [2.45, 2.75) is 103 Å². The number of benzene rings is 1. The Labute approximate surface area is 232 Å². The topological polar surface area (TPSA) is 0 Å². The minimum Gasteiger partial charge on any atom is -0.239 e. The normalized spacial score (nSPS) is 27.5. The predicted molar refractivity (Wildman–Crippen MR) is 156 cm³/mol. The van der Waals surface area contributed by atoms with Crippen molar-refractivity contribution in [3.63, 3.8) is 0 Å². The van der Waals surface area contributed by atoms with Gasteiger partial charge >= 0.3 is 0 Å². The van der Waals surface area contributed by atoms with Crippen molar-refractivity contribution in [1.82, 2.24) is 0 Å². The summed E-state index contributed by atoms with van der Waals surface area (Å²) in [6.45, 7) is 4.17. The number of halogens is 4. The third-order valence-electron chi connectivity index (χ3n) is 8.34. The molecule has 4 rings (SSSR count). The van der Waals surface area contributed by atoms with E-state index in [0.29, 0.717) is 40.2 Å². The standard InChI is InChI=1S/C35H42F4/c1-3-5-6-7-8-9-11-28-20-21-29(33(37)32(28)36)26-16-18-27(19-17-26)31-23-22-30(34(38)35(31)39)25-14-12-24(10-4-2)13-15-25/h4,10,14,16-24,32-35H,3,5-9,11-13,15H2,1-2H3/b10-4+. The maximum Gasteiger partial charge on any atom is 0.161 e. The van der Waals surface area contributed by atoms with Gasteiger partial charge in [-0.25, -0.2) is 17.6 Å². The monoisotopic (exact) mass is 538 g/mol. The van der Waals surface area contributed by atoms with Gasteiger partial charge in [-0.2, -0.15) is 0 Å². The van der Waals surface area contributed by atoms with E-state index in [1.165, 1.54) is 19.3 Å². The molecule has 0 bridgehead atoms. The number of alkyl halides is 4. The third-order valence-corrected chi connectivity index (χ3v) is 8.34. The molecule has 5 atom stereocenters. The number of hydrogen-bond donors (Lipinski definition) is 0. The summed E-state index contributed by atoms with van der Waals surface area (Å²) >= 11 is 0. The number of allylic oxidation sites excluding steroid dienone is 12. The van der Waals surface area contributed by atoms with Crippen LogP contribution in [0.15, 0.2) is 83.5 Å². The third kappa shape index (κ3) is 7.13. The second-order valence-corrected chi connectivity index (χ2v) is 11.1. The van der Waals surface area contributed by atoms with E-state index in [-0.39, 0.29) is 5.57 Å². The molecule has 0 amide bonds. The van der Waals surface area contributed by atoms with Crippen LogP contribution in [0, 0.1) is 5.92 Å². The lowest BCUT2D eigenvalue weighted by Crippen LogP contribution is -2.26. The highest BCUT2D eigenvalue weighted by molar-refractivity contribution is 5.78. The fourth-order valence-corrected chi connectivity index (χ4v) is 5.95. The van der Waals surface area contributed by atoms with Gasteiger partial charge < -0.3 is 0 Å². The number of unbranched alkanes of at least 4 members (excludes halogenated alkanes) is 5. The van der Waals surface area contributed by atoms with Crippen molar-refractivity contribution in [3.8, 4) is 0 Å². The van der Waals surface area contributed by atoms with Gasteiger partial charge in [0.05, 0.1) is 0 Å². The molecule has 39 heavy (non-hydrogen) atoms. The Hall–Kier alpha value is -2.62. The Bertz CT molecular complexity index is 1150. The van der Waals surface area contributed by atoms with E-state index in [0.717, 1.165) is 44.1 Å². The molecule has 0 saturated heterocycles. The summed E-state index contributed by atoms with van der Waals surface area (Å²) < 4.78 is 60.5. The summed E-state index contributed by atoms with van der Waals surface area (Å²) in [5.74, 6) is 0.463. The molecule has 0 aromatic heterocycles. The number of rotatable bonds is 11.